The van der Waals surface area contributed by atoms with Gasteiger partial charge in [0.05, 0.1) is 10.6 Å². The Bertz CT molecular complexity index is 753. The van der Waals surface area contributed by atoms with Crippen LogP contribution in [0.15, 0.2) is 42.6 Å². The van der Waals surface area contributed by atoms with Crippen molar-refractivity contribution < 1.29 is 8.78 Å². The summed E-state index contributed by atoms with van der Waals surface area (Å²) in [4.78, 5) is 8.50. The second-order valence-corrected chi connectivity index (χ2v) is 5.13. The van der Waals surface area contributed by atoms with Gasteiger partial charge in [-0.1, -0.05) is 11.3 Å². The third-order valence-corrected chi connectivity index (χ3v) is 3.68. The van der Waals surface area contributed by atoms with Crippen LogP contribution in [0.3, 0.4) is 0 Å². The highest BCUT2D eigenvalue weighted by Gasteiger charge is 2.14. The number of pyridine rings is 1. The van der Waals surface area contributed by atoms with E-state index in [1.165, 1.54) is 35.7 Å². The zero-order valence-corrected chi connectivity index (χ0v) is 11.0. The summed E-state index contributed by atoms with van der Waals surface area (Å²) in [6.07, 6.45) is 1.38. The highest BCUT2D eigenvalue weighted by Crippen LogP contribution is 2.37. The molecule has 0 spiro atoms. The maximum Gasteiger partial charge on any atom is 0.213 e. The zero-order chi connectivity index (χ0) is 14.1. The highest BCUT2D eigenvalue weighted by molar-refractivity contribution is 7.19. The number of nitrogen functional groups attached to an aromatic ring is 1. The Morgan fingerprint density at radius 2 is 1.75 bits per heavy atom. The second-order valence-electron chi connectivity index (χ2n) is 4.10. The van der Waals surface area contributed by atoms with Crippen LogP contribution in [-0.4, -0.2) is 9.97 Å². The summed E-state index contributed by atoms with van der Waals surface area (Å²) in [5.74, 6) is -0.895. The van der Waals surface area contributed by atoms with E-state index < -0.39 is 5.95 Å². The molecule has 2 heterocycles. The van der Waals surface area contributed by atoms with Gasteiger partial charge in [0, 0.05) is 23.4 Å². The number of anilines is 1. The van der Waals surface area contributed by atoms with E-state index in [1.54, 1.807) is 18.2 Å². The van der Waals surface area contributed by atoms with Gasteiger partial charge >= 0.3 is 0 Å². The number of halogens is 2. The number of nitrogens with two attached hydrogens (primary N) is 1. The molecule has 100 valence electrons. The predicted octanol–water partition coefficient (Wildman–Crippen LogP) is 3.73. The van der Waals surface area contributed by atoms with Gasteiger partial charge in [0.15, 0.2) is 5.13 Å². The second kappa shape index (κ2) is 4.97. The van der Waals surface area contributed by atoms with E-state index in [-0.39, 0.29) is 5.82 Å². The summed E-state index contributed by atoms with van der Waals surface area (Å²) in [5.41, 5.74) is 7.73. The molecule has 0 radical (unpaired) electrons. The molecule has 3 aromatic rings. The van der Waals surface area contributed by atoms with E-state index >= 15 is 0 Å². The summed E-state index contributed by atoms with van der Waals surface area (Å²) >= 11 is 1.25. The van der Waals surface area contributed by atoms with Gasteiger partial charge in [0.25, 0.3) is 0 Å². The van der Waals surface area contributed by atoms with E-state index in [0.29, 0.717) is 16.4 Å². The molecule has 0 atom stereocenters. The molecule has 0 amide bonds. The molecule has 2 N–H and O–H groups in total. The van der Waals surface area contributed by atoms with Crippen molar-refractivity contribution in [1.29, 1.82) is 0 Å². The summed E-state index contributed by atoms with van der Waals surface area (Å²) in [6.45, 7) is 0. The fourth-order valence-corrected chi connectivity index (χ4v) is 2.73. The highest BCUT2D eigenvalue weighted by atomic mass is 32.1. The van der Waals surface area contributed by atoms with Gasteiger partial charge in [-0.25, -0.2) is 14.4 Å². The van der Waals surface area contributed by atoms with Crippen LogP contribution in [0.25, 0.3) is 21.7 Å². The minimum atomic E-state index is -0.570. The van der Waals surface area contributed by atoms with E-state index in [0.717, 1.165) is 10.4 Å². The van der Waals surface area contributed by atoms with Crippen LogP contribution >= 0.6 is 11.3 Å². The fourth-order valence-electron chi connectivity index (χ4n) is 1.88. The number of aromatic nitrogens is 2. The molecular formula is C14H9F2N3S. The molecule has 0 aliphatic heterocycles. The van der Waals surface area contributed by atoms with Gasteiger partial charge in [-0.2, -0.15) is 4.39 Å². The Balaban J connectivity index is 2.15. The monoisotopic (exact) mass is 289 g/mol. The molecule has 2 aromatic heterocycles. The maximum atomic E-state index is 13.2. The van der Waals surface area contributed by atoms with Crippen molar-refractivity contribution in [3.63, 3.8) is 0 Å². The molecule has 0 aliphatic carbocycles. The Hall–Kier alpha value is -2.34. The lowest BCUT2D eigenvalue weighted by atomic mass is 10.1. The first-order valence-electron chi connectivity index (χ1n) is 5.77. The molecule has 20 heavy (non-hydrogen) atoms. The summed E-state index contributed by atoms with van der Waals surface area (Å²) in [5, 5.41) is 0.372. The number of hydrogen-bond donors (Lipinski definition) is 1. The summed E-state index contributed by atoms with van der Waals surface area (Å²) in [6, 6.07) is 8.93. The predicted molar refractivity (Wildman–Crippen MR) is 75.1 cm³/mol. The molecular weight excluding hydrogens is 280 g/mol. The van der Waals surface area contributed by atoms with Crippen molar-refractivity contribution in [2.45, 2.75) is 0 Å². The molecule has 0 unspecified atom stereocenters. The van der Waals surface area contributed by atoms with Crippen LogP contribution in [-0.2, 0) is 0 Å². The first-order valence-corrected chi connectivity index (χ1v) is 6.59. The molecule has 0 bridgehead atoms. The number of nitrogens with zero attached hydrogens (tertiary/aromatic N) is 2. The number of rotatable bonds is 2. The van der Waals surface area contributed by atoms with Gasteiger partial charge in [-0.05, 0) is 30.3 Å². The number of benzene rings is 1. The van der Waals surface area contributed by atoms with Gasteiger partial charge in [-0.15, -0.1) is 0 Å². The first kappa shape index (κ1) is 12.7. The van der Waals surface area contributed by atoms with Crippen molar-refractivity contribution >= 4 is 16.5 Å². The smallest absolute Gasteiger partial charge is 0.213 e. The lowest BCUT2D eigenvalue weighted by Gasteiger charge is -2.02. The van der Waals surface area contributed by atoms with Crippen molar-refractivity contribution in [1.82, 2.24) is 9.97 Å². The van der Waals surface area contributed by atoms with Crippen molar-refractivity contribution in [2.75, 3.05) is 5.73 Å². The van der Waals surface area contributed by atoms with Crippen molar-refractivity contribution in [2.24, 2.45) is 0 Å². The fraction of sp³-hybridized carbons (Fsp3) is 0. The lowest BCUT2D eigenvalue weighted by molar-refractivity contribution is 0.584. The standard InChI is InChI=1S/C14H9F2N3S/c15-10-3-1-8(2-4-10)12-13(20-14(17)19-12)9-5-6-18-11(16)7-9/h1-7H,(H2,17,19). The van der Waals surface area contributed by atoms with Gasteiger partial charge in [-0.3, -0.25) is 0 Å². The maximum absolute atomic E-state index is 13.2. The van der Waals surface area contributed by atoms with Crippen LogP contribution in [0.1, 0.15) is 0 Å². The van der Waals surface area contributed by atoms with Crippen LogP contribution in [0.4, 0.5) is 13.9 Å². The van der Waals surface area contributed by atoms with Gasteiger partial charge in [0.2, 0.25) is 5.95 Å². The van der Waals surface area contributed by atoms with E-state index in [1.807, 2.05) is 0 Å². The summed E-state index contributed by atoms with van der Waals surface area (Å²) in [7, 11) is 0. The third-order valence-electron chi connectivity index (χ3n) is 2.75. The van der Waals surface area contributed by atoms with Crippen LogP contribution < -0.4 is 5.73 Å². The molecule has 0 saturated heterocycles. The normalized spacial score (nSPS) is 10.7. The topological polar surface area (TPSA) is 51.8 Å². The van der Waals surface area contributed by atoms with E-state index in [4.69, 9.17) is 5.73 Å². The SMILES string of the molecule is Nc1nc(-c2ccc(F)cc2)c(-c2ccnc(F)c2)s1. The molecule has 3 nitrogen and oxygen atoms in total. The minimum absolute atomic E-state index is 0.326. The molecule has 0 saturated carbocycles. The molecule has 0 aliphatic rings. The Morgan fingerprint density at radius 1 is 1.00 bits per heavy atom. The average Bonchev–Trinajstić information content (AvgIpc) is 2.82. The Kier molecular flexibility index (Phi) is 3.15. The molecule has 3 rings (SSSR count). The molecule has 1 aromatic carbocycles. The lowest BCUT2D eigenvalue weighted by Crippen LogP contribution is -1.86. The zero-order valence-electron chi connectivity index (χ0n) is 10.2. The summed E-state index contributed by atoms with van der Waals surface area (Å²) < 4.78 is 26.2. The van der Waals surface area contributed by atoms with Crippen molar-refractivity contribution in [3.8, 4) is 21.7 Å². The number of thiazole rings is 1. The Morgan fingerprint density at radius 3 is 2.45 bits per heavy atom. The molecule has 0 fully saturated rings. The van der Waals surface area contributed by atoms with Gasteiger partial charge in [0.1, 0.15) is 5.82 Å². The number of hydrogen-bond acceptors (Lipinski definition) is 4. The van der Waals surface area contributed by atoms with Crippen LogP contribution in [0, 0.1) is 11.8 Å². The van der Waals surface area contributed by atoms with E-state index in [2.05, 4.69) is 9.97 Å². The quantitative estimate of drug-likeness (QED) is 0.731. The average molecular weight is 289 g/mol. The molecule has 6 heteroatoms. The Labute approximate surface area is 117 Å². The van der Waals surface area contributed by atoms with Crippen molar-refractivity contribution in [3.05, 3.63) is 54.4 Å². The van der Waals surface area contributed by atoms with Crippen LogP contribution in [0.5, 0.6) is 0 Å². The first-order chi connectivity index (χ1) is 9.63. The van der Waals surface area contributed by atoms with Crippen LogP contribution in [0.2, 0.25) is 0 Å². The van der Waals surface area contributed by atoms with Gasteiger partial charge < -0.3 is 5.73 Å². The van der Waals surface area contributed by atoms with E-state index in [9.17, 15) is 8.78 Å². The third kappa shape index (κ3) is 2.37. The minimum Gasteiger partial charge on any atom is -0.375 e. The largest absolute Gasteiger partial charge is 0.375 e.